The summed E-state index contributed by atoms with van der Waals surface area (Å²) in [5, 5.41) is 10.6. The lowest BCUT2D eigenvalue weighted by molar-refractivity contribution is -0.192. The summed E-state index contributed by atoms with van der Waals surface area (Å²) in [6.45, 7) is 4.87. The van der Waals surface area contributed by atoms with Crippen LogP contribution in [0.25, 0.3) is 0 Å². The summed E-state index contributed by atoms with van der Waals surface area (Å²) in [6, 6.07) is 4.69. The van der Waals surface area contributed by atoms with Crippen LogP contribution < -0.4 is 10.1 Å². The number of alkyl halides is 6. The van der Waals surface area contributed by atoms with Crippen LogP contribution in [0.1, 0.15) is 30.4 Å². The Kier molecular flexibility index (Phi) is 9.89. The van der Waals surface area contributed by atoms with Gasteiger partial charge in [-0.25, -0.2) is 4.79 Å². The minimum Gasteiger partial charge on any atom is -0.493 e. The number of carboxylic acids is 1. The number of rotatable bonds is 6. The quantitative estimate of drug-likeness (QED) is 0.511. The molecule has 0 radical (unpaired) electrons. The Morgan fingerprint density at radius 1 is 1.20 bits per heavy atom. The highest BCUT2D eigenvalue weighted by molar-refractivity contribution is 5.73. The van der Waals surface area contributed by atoms with Crippen molar-refractivity contribution >= 4 is 5.97 Å². The number of nitrogens with zero attached hydrogens (tertiary/aromatic N) is 1. The fourth-order valence-electron chi connectivity index (χ4n) is 2.76. The van der Waals surface area contributed by atoms with Crippen molar-refractivity contribution in [2.45, 2.75) is 44.6 Å². The fourth-order valence-corrected chi connectivity index (χ4v) is 2.76. The molecule has 0 aliphatic carbocycles. The van der Waals surface area contributed by atoms with Crippen molar-refractivity contribution in [2.75, 3.05) is 33.3 Å². The van der Waals surface area contributed by atoms with Gasteiger partial charge in [0, 0.05) is 6.04 Å². The van der Waals surface area contributed by atoms with Gasteiger partial charge in [-0.1, -0.05) is 11.6 Å². The minimum absolute atomic E-state index is 0.0811. The summed E-state index contributed by atoms with van der Waals surface area (Å²) < 4.78 is 76.0. The molecule has 2 rings (SSSR count). The summed E-state index contributed by atoms with van der Waals surface area (Å²) in [6.07, 6.45) is -6.54. The average molecular weight is 444 g/mol. The molecular formula is C19H26F6N2O3. The Morgan fingerprint density at radius 3 is 2.27 bits per heavy atom. The van der Waals surface area contributed by atoms with Gasteiger partial charge in [0.25, 0.3) is 0 Å². The van der Waals surface area contributed by atoms with Crippen LogP contribution in [0, 0.1) is 6.92 Å². The molecule has 1 aliphatic rings. The number of aliphatic carboxylic acids is 1. The fraction of sp³-hybridized carbons (Fsp3) is 0.632. The SMILES string of the molecule is Cc1ccc(OCCCNC2CCN(C)CC2)c(C(F)(F)F)c1.O=C(O)C(F)(F)F. The topological polar surface area (TPSA) is 61.8 Å². The van der Waals surface area contributed by atoms with Crippen molar-refractivity contribution in [3.05, 3.63) is 29.3 Å². The van der Waals surface area contributed by atoms with Gasteiger partial charge in [-0.15, -0.1) is 0 Å². The number of hydrogen-bond acceptors (Lipinski definition) is 4. The van der Waals surface area contributed by atoms with Crippen LogP contribution in [-0.4, -0.2) is 61.5 Å². The van der Waals surface area contributed by atoms with E-state index in [4.69, 9.17) is 14.6 Å². The van der Waals surface area contributed by atoms with Crippen molar-refractivity contribution in [3.8, 4) is 5.75 Å². The molecule has 5 nitrogen and oxygen atoms in total. The molecule has 1 fully saturated rings. The zero-order chi connectivity index (χ0) is 22.9. The van der Waals surface area contributed by atoms with E-state index in [1.807, 2.05) is 0 Å². The van der Waals surface area contributed by atoms with E-state index in [0.717, 1.165) is 38.5 Å². The first-order valence-corrected chi connectivity index (χ1v) is 9.33. The molecule has 1 aliphatic heterocycles. The first-order valence-electron chi connectivity index (χ1n) is 9.33. The summed E-state index contributed by atoms with van der Waals surface area (Å²) >= 11 is 0. The van der Waals surface area contributed by atoms with Crippen LogP contribution in [0.5, 0.6) is 5.75 Å². The average Bonchev–Trinajstić information content (AvgIpc) is 2.63. The highest BCUT2D eigenvalue weighted by Crippen LogP contribution is 2.36. The van der Waals surface area contributed by atoms with E-state index in [1.54, 1.807) is 13.0 Å². The normalized spacial score (nSPS) is 16.0. The van der Waals surface area contributed by atoms with Gasteiger partial charge in [0.05, 0.1) is 12.2 Å². The van der Waals surface area contributed by atoms with Gasteiger partial charge in [-0.2, -0.15) is 26.3 Å². The molecule has 2 N–H and O–H groups in total. The van der Waals surface area contributed by atoms with E-state index >= 15 is 0 Å². The molecular weight excluding hydrogens is 418 g/mol. The number of hydrogen-bond donors (Lipinski definition) is 2. The highest BCUT2D eigenvalue weighted by atomic mass is 19.4. The van der Waals surface area contributed by atoms with Gasteiger partial charge < -0.3 is 20.1 Å². The molecule has 0 bridgehead atoms. The van der Waals surface area contributed by atoms with Gasteiger partial charge in [-0.05, 0) is 65.0 Å². The molecule has 0 unspecified atom stereocenters. The van der Waals surface area contributed by atoms with Crippen LogP contribution in [0.4, 0.5) is 26.3 Å². The zero-order valence-corrected chi connectivity index (χ0v) is 16.7. The van der Waals surface area contributed by atoms with E-state index in [9.17, 15) is 26.3 Å². The smallest absolute Gasteiger partial charge is 0.490 e. The van der Waals surface area contributed by atoms with Crippen molar-refractivity contribution in [1.29, 1.82) is 0 Å². The van der Waals surface area contributed by atoms with E-state index < -0.39 is 23.9 Å². The second kappa shape index (κ2) is 11.4. The molecule has 0 atom stereocenters. The van der Waals surface area contributed by atoms with Crippen molar-refractivity contribution < 1.29 is 41.0 Å². The molecule has 11 heteroatoms. The third-order valence-electron chi connectivity index (χ3n) is 4.41. The Labute approximate surface area is 171 Å². The van der Waals surface area contributed by atoms with Crippen molar-refractivity contribution in [2.24, 2.45) is 0 Å². The number of nitrogens with one attached hydrogen (secondary N) is 1. The number of likely N-dealkylation sites (tertiary alicyclic amines) is 1. The van der Waals surface area contributed by atoms with Gasteiger partial charge in [0.15, 0.2) is 0 Å². The minimum atomic E-state index is -5.08. The molecule has 1 aromatic carbocycles. The highest BCUT2D eigenvalue weighted by Gasteiger charge is 2.38. The molecule has 0 saturated carbocycles. The number of carbonyl (C=O) groups is 1. The standard InChI is InChI=1S/C17H25F3N2O.C2HF3O2/c1-13-4-5-16(15(12-13)17(18,19)20)23-11-3-8-21-14-6-9-22(2)10-7-14;3-2(4,5)1(6)7/h4-5,12,14,21H,3,6-11H2,1-2H3;(H,6,7). The molecule has 0 amide bonds. The molecule has 30 heavy (non-hydrogen) atoms. The summed E-state index contributed by atoms with van der Waals surface area (Å²) in [7, 11) is 2.11. The second-order valence-corrected chi connectivity index (χ2v) is 7.03. The van der Waals surface area contributed by atoms with Gasteiger partial charge in [-0.3, -0.25) is 0 Å². The number of aryl methyl sites for hydroxylation is 1. The van der Waals surface area contributed by atoms with Gasteiger partial charge in [0.2, 0.25) is 0 Å². The maximum Gasteiger partial charge on any atom is 0.490 e. The number of piperidine rings is 1. The Morgan fingerprint density at radius 2 is 1.77 bits per heavy atom. The zero-order valence-electron chi connectivity index (χ0n) is 16.7. The Balaban J connectivity index is 0.000000553. The predicted octanol–water partition coefficient (Wildman–Crippen LogP) is 4.10. The van der Waals surface area contributed by atoms with Crippen LogP contribution in [0.2, 0.25) is 0 Å². The predicted molar refractivity (Wildman–Crippen MR) is 98.5 cm³/mol. The van der Waals surface area contributed by atoms with Gasteiger partial charge >= 0.3 is 18.3 Å². The van der Waals surface area contributed by atoms with Crippen molar-refractivity contribution in [1.82, 2.24) is 10.2 Å². The van der Waals surface area contributed by atoms with E-state index in [1.165, 1.54) is 6.07 Å². The number of carboxylic acid groups (broad SMARTS) is 1. The third-order valence-corrected chi connectivity index (χ3v) is 4.41. The van der Waals surface area contributed by atoms with E-state index in [2.05, 4.69) is 17.3 Å². The molecule has 1 saturated heterocycles. The van der Waals surface area contributed by atoms with E-state index in [0.29, 0.717) is 18.0 Å². The largest absolute Gasteiger partial charge is 0.493 e. The molecule has 172 valence electrons. The van der Waals surface area contributed by atoms with Crippen molar-refractivity contribution in [3.63, 3.8) is 0 Å². The first kappa shape index (κ1) is 26.0. The Hall–Kier alpha value is -2.01. The first-order chi connectivity index (χ1) is 13.8. The third kappa shape index (κ3) is 9.66. The van der Waals surface area contributed by atoms with Crippen LogP contribution in [-0.2, 0) is 11.0 Å². The molecule has 0 aromatic heterocycles. The summed E-state index contributed by atoms with van der Waals surface area (Å²) in [5.41, 5.74) is -0.116. The Bertz CT molecular complexity index is 671. The number of benzene rings is 1. The monoisotopic (exact) mass is 444 g/mol. The lowest BCUT2D eigenvalue weighted by atomic mass is 10.1. The molecule has 0 spiro atoms. The lowest BCUT2D eigenvalue weighted by Crippen LogP contribution is -2.41. The lowest BCUT2D eigenvalue weighted by Gasteiger charge is -2.29. The van der Waals surface area contributed by atoms with Crippen LogP contribution >= 0.6 is 0 Å². The molecule has 1 aromatic rings. The van der Waals surface area contributed by atoms with Crippen LogP contribution in [0.3, 0.4) is 0 Å². The maximum atomic E-state index is 13.0. The maximum absolute atomic E-state index is 13.0. The summed E-state index contributed by atoms with van der Waals surface area (Å²) in [5.74, 6) is -2.84. The second-order valence-electron chi connectivity index (χ2n) is 7.03. The number of ether oxygens (including phenoxy) is 1. The van der Waals surface area contributed by atoms with Crippen LogP contribution in [0.15, 0.2) is 18.2 Å². The van der Waals surface area contributed by atoms with Gasteiger partial charge in [0.1, 0.15) is 5.75 Å². The van der Waals surface area contributed by atoms with E-state index in [-0.39, 0.29) is 12.4 Å². The number of halogens is 6. The molecule has 1 heterocycles. The summed E-state index contributed by atoms with van der Waals surface area (Å²) in [4.78, 5) is 11.2.